The molecule has 3 heteroatoms. The minimum absolute atomic E-state index is 0.559. The van der Waals surface area contributed by atoms with Crippen LogP contribution < -0.4 is 5.32 Å². The van der Waals surface area contributed by atoms with Crippen LogP contribution in [0.1, 0.15) is 38.7 Å². The first-order chi connectivity index (χ1) is 8.59. The summed E-state index contributed by atoms with van der Waals surface area (Å²) in [6.45, 7) is 4.89. The Labute approximate surface area is 114 Å². The van der Waals surface area contributed by atoms with Crippen molar-refractivity contribution in [2.75, 3.05) is 5.75 Å². The summed E-state index contributed by atoms with van der Waals surface area (Å²) in [6, 6.07) is 9.43. The molecule has 1 aliphatic carbocycles. The summed E-state index contributed by atoms with van der Waals surface area (Å²) in [5.41, 5.74) is 0.783. The number of hydrogen-bond donors (Lipinski definition) is 2. The Morgan fingerprint density at radius 1 is 1.33 bits per heavy atom. The van der Waals surface area contributed by atoms with Gasteiger partial charge >= 0.3 is 0 Å². The zero-order valence-corrected chi connectivity index (χ0v) is 12.1. The van der Waals surface area contributed by atoms with Crippen molar-refractivity contribution in [3.05, 3.63) is 29.8 Å². The molecule has 100 valence electrons. The molecule has 0 aromatic heterocycles. The fourth-order valence-corrected chi connectivity index (χ4v) is 2.60. The fourth-order valence-electron chi connectivity index (χ4n) is 1.59. The van der Waals surface area contributed by atoms with Crippen LogP contribution in [0.15, 0.2) is 29.2 Å². The molecule has 2 rings (SSSR count). The number of nitrogens with one attached hydrogen (secondary N) is 1. The average molecular weight is 265 g/mol. The molecule has 1 atom stereocenters. The van der Waals surface area contributed by atoms with Crippen LogP contribution in [0.4, 0.5) is 0 Å². The molecule has 0 radical (unpaired) electrons. The third-order valence-electron chi connectivity index (χ3n) is 3.41. The molecule has 1 aliphatic rings. The topological polar surface area (TPSA) is 32.3 Å². The normalized spacial score (nSPS) is 18.6. The minimum Gasteiger partial charge on any atom is -0.389 e. The zero-order valence-electron chi connectivity index (χ0n) is 11.3. The van der Waals surface area contributed by atoms with Crippen molar-refractivity contribution >= 4 is 11.8 Å². The molecule has 0 aliphatic heterocycles. The number of thioether (sulfide) groups is 1. The highest BCUT2D eigenvalue weighted by Crippen LogP contribution is 2.25. The molecule has 1 unspecified atom stereocenters. The van der Waals surface area contributed by atoms with Crippen molar-refractivity contribution in [3.8, 4) is 0 Å². The third kappa shape index (κ3) is 4.63. The van der Waals surface area contributed by atoms with Gasteiger partial charge in [0.05, 0.1) is 5.60 Å². The molecule has 1 aromatic carbocycles. The van der Waals surface area contributed by atoms with Crippen LogP contribution in [0.25, 0.3) is 0 Å². The van der Waals surface area contributed by atoms with Crippen molar-refractivity contribution in [2.45, 2.75) is 56.2 Å². The Balaban J connectivity index is 1.79. The largest absolute Gasteiger partial charge is 0.389 e. The van der Waals surface area contributed by atoms with E-state index in [1.165, 1.54) is 23.3 Å². The van der Waals surface area contributed by atoms with E-state index in [0.29, 0.717) is 0 Å². The second-order valence-electron chi connectivity index (χ2n) is 5.44. The zero-order chi connectivity index (χ0) is 13.0. The molecule has 2 nitrogen and oxygen atoms in total. The van der Waals surface area contributed by atoms with Crippen molar-refractivity contribution in [1.29, 1.82) is 0 Å². The maximum atomic E-state index is 9.96. The Hall–Kier alpha value is -0.510. The first-order valence-electron chi connectivity index (χ1n) is 6.76. The molecule has 0 saturated heterocycles. The molecular formula is C15H23NOS. The van der Waals surface area contributed by atoms with Crippen molar-refractivity contribution < 1.29 is 5.11 Å². The van der Waals surface area contributed by atoms with Crippen LogP contribution in [-0.4, -0.2) is 22.5 Å². The number of benzene rings is 1. The van der Waals surface area contributed by atoms with Crippen LogP contribution in [0.2, 0.25) is 0 Å². The summed E-state index contributed by atoms with van der Waals surface area (Å²) < 4.78 is 0. The van der Waals surface area contributed by atoms with E-state index in [4.69, 9.17) is 0 Å². The van der Waals surface area contributed by atoms with Gasteiger partial charge in [-0.15, -0.1) is 11.8 Å². The average Bonchev–Trinajstić information content (AvgIpc) is 3.19. The van der Waals surface area contributed by atoms with Crippen LogP contribution in [0.5, 0.6) is 0 Å². The lowest BCUT2D eigenvalue weighted by molar-refractivity contribution is 0.0816. The van der Waals surface area contributed by atoms with E-state index in [-0.39, 0.29) is 0 Å². The Morgan fingerprint density at radius 3 is 2.56 bits per heavy atom. The Bertz CT molecular complexity index is 371. The van der Waals surface area contributed by atoms with Crippen LogP contribution >= 0.6 is 11.8 Å². The Kier molecular flexibility index (Phi) is 4.71. The molecule has 0 amide bonds. The van der Waals surface area contributed by atoms with E-state index in [1.54, 1.807) is 11.8 Å². The van der Waals surface area contributed by atoms with Gasteiger partial charge in [0, 0.05) is 23.2 Å². The van der Waals surface area contributed by atoms with E-state index < -0.39 is 5.60 Å². The molecule has 18 heavy (non-hydrogen) atoms. The van der Waals surface area contributed by atoms with E-state index in [0.717, 1.165) is 24.8 Å². The predicted octanol–water partition coefficient (Wildman–Crippen LogP) is 3.19. The molecule has 0 spiro atoms. The van der Waals surface area contributed by atoms with Crippen molar-refractivity contribution in [1.82, 2.24) is 5.32 Å². The maximum absolute atomic E-state index is 9.96. The van der Waals surface area contributed by atoms with Gasteiger partial charge < -0.3 is 10.4 Å². The third-order valence-corrected chi connectivity index (χ3v) is 4.78. The van der Waals surface area contributed by atoms with Gasteiger partial charge in [-0.25, -0.2) is 0 Å². The number of hydrogen-bond acceptors (Lipinski definition) is 3. The van der Waals surface area contributed by atoms with Gasteiger partial charge in [0.1, 0.15) is 0 Å². The van der Waals surface area contributed by atoms with Gasteiger partial charge in [0.2, 0.25) is 0 Å². The summed E-state index contributed by atoms with van der Waals surface area (Å²) in [4.78, 5) is 1.24. The van der Waals surface area contributed by atoms with E-state index in [1.807, 2.05) is 13.8 Å². The van der Waals surface area contributed by atoms with Crippen LogP contribution in [0.3, 0.4) is 0 Å². The highest BCUT2D eigenvalue weighted by Gasteiger charge is 2.20. The summed E-state index contributed by atoms with van der Waals surface area (Å²) in [6.07, 6.45) is 3.46. The molecule has 0 heterocycles. The van der Waals surface area contributed by atoms with Gasteiger partial charge in [-0.2, -0.15) is 0 Å². The molecule has 1 saturated carbocycles. The first-order valence-corrected chi connectivity index (χ1v) is 7.75. The van der Waals surface area contributed by atoms with Crippen LogP contribution in [0, 0.1) is 0 Å². The number of aliphatic hydroxyl groups is 1. The minimum atomic E-state index is -0.559. The smallest absolute Gasteiger partial charge is 0.0710 e. The van der Waals surface area contributed by atoms with Crippen LogP contribution in [-0.2, 0) is 6.54 Å². The second kappa shape index (κ2) is 6.09. The van der Waals surface area contributed by atoms with E-state index >= 15 is 0 Å². The van der Waals surface area contributed by atoms with Crippen molar-refractivity contribution in [3.63, 3.8) is 0 Å². The summed E-state index contributed by atoms with van der Waals surface area (Å²) in [7, 11) is 0. The summed E-state index contributed by atoms with van der Waals surface area (Å²) in [5, 5.41) is 13.5. The standard InChI is InChI=1S/C15H23NOS/c1-3-15(2,17)11-18-14-8-4-12(5-9-14)10-16-13-6-7-13/h4-5,8-9,13,16-17H,3,6-7,10-11H2,1-2H3. The number of rotatable bonds is 7. The SMILES string of the molecule is CCC(C)(O)CSc1ccc(CNC2CC2)cc1. The lowest BCUT2D eigenvalue weighted by Gasteiger charge is -2.20. The Morgan fingerprint density at radius 2 is 2.00 bits per heavy atom. The van der Waals surface area contributed by atoms with Crippen molar-refractivity contribution in [2.24, 2.45) is 0 Å². The second-order valence-corrected chi connectivity index (χ2v) is 6.49. The lowest BCUT2D eigenvalue weighted by Crippen LogP contribution is -2.25. The van der Waals surface area contributed by atoms with E-state index in [2.05, 4.69) is 29.6 Å². The first kappa shape index (κ1) is 13.9. The van der Waals surface area contributed by atoms with Gasteiger partial charge in [0.25, 0.3) is 0 Å². The van der Waals surface area contributed by atoms with E-state index in [9.17, 15) is 5.11 Å². The van der Waals surface area contributed by atoms with Gasteiger partial charge in [-0.3, -0.25) is 0 Å². The monoisotopic (exact) mass is 265 g/mol. The predicted molar refractivity (Wildman–Crippen MR) is 77.9 cm³/mol. The highest BCUT2D eigenvalue weighted by molar-refractivity contribution is 7.99. The van der Waals surface area contributed by atoms with Gasteiger partial charge in [-0.1, -0.05) is 19.1 Å². The summed E-state index contributed by atoms with van der Waals surface area (Å²) in [5.74, 6) is 0.753. The molecule has 1 fully saturated rings. The molecular weight excluding hydrogens is 242 g/mol. The molecule has 1 aromatic rings. The quantitative estimate of drug-likeness (QED) is 0.743. The lowest BCUT2D eigenvalue weighted by atomic mass is 10.1. The molecule has 0 bridgehead atoms. The maximum Gasteiger partial charge on any atom is 0.0710 e. The molecule has 2 N–H and O–H groups in total. The summed E-state index contributed by atoms with van der Waals surface area (Å²) >= 11 is 1.73. The highest BCUT2D eigenvalue weighted by atomic mass is 32.2. The fraction of sp³-hybridized carbons (Fsp3) is 0.600. The van der Waals surface area contributed by atoms with Gasteiger partial charge in [-0.05, 0) is 43.9 Å². The van der Waals surface area contributed by atoms with Gasteiger partial charge in [0.15, 0.2) is 0 Å².